The number of hydrogen-bond donors (Lipinski definition) is 0. The van der Waals surface area contributed by atoms with Gasteiger partial charge in [0, 0.05) is 15.6 Å². The molecular formula is C20H16BrN3O2. The van der Waals surface area contributed by atoms with E-state index in [0.29, 0.717) is 11.4 Å². The van der Waals surface area contributed by atoms with Crippen LogP contribution in [0.15, 0.2) is 51.5 Å². The lowest BCUT2D eigenvalue weighted by Gasteiger charge is -2.08. The van der Waals surface area contributed by atoms with Crippen molar-refractivity contribution >= 4 is 32.9 Å². The molecule has 0 saturated heterocycles. The molecule has 0 unspecified atom stereocenters. The molecule has 4 aromatic rings. The Hall–Kier alpha value is -2.73. The maximum atomic E-state index is 13.1. The van der Waals surface area contributed by atoms with Gasteiger partial charge in [-0.15, -0.1) is 0 Å². The summed E-state index contributed by atoms with van der Waals surface area (Å²) in [7, 11) is 0. The maximum absolute atomic E-state index is 13.1. The molecule has 0 atom stereocenters. The van der Waals surface area contributed by atoms with Crippen molar-refractivity contribution in [2.45, 2.75) is 20.8 Å². The molecule has 0 bridgehead atoms. The van der Waals surface area contributed by atoms with Crippen molar-refractivity contribution in [3.05, 3.63) is 69.8 Å². The Bertz CT molecular complexity index is 1120. The highest BCUT2D eigenvalue weighted by molar-refractivity contribution is 9.10. The molecule has 2 heterocycles. The minimum Gasteiger partial charge on any atom is -0.361 e. The maximum Gasteiger partial charge on any atom is 0.263 e. The monoisotopic (exact) mass is 409 g/mol. The van der Waals surface area contributed by atoms with Gasteiger partial charge in [-0.2, -0.15) is 0 Å². The van der Waals surface area contributed by atoms with Gasteiger partial charge in [-0.05, 0) is 66.5 Å². The molecule has 130 valence electrons. The van der Waals surface area contributed by atoms with Gasteiger partial charge < -0.3 is 4.52 Å². The summed E-state index contributed by atoms with van der Waals surface area (Å²) in [6, 6.07) is 13.2. The zero-order chi connectivity index (χ0) is 18.4. The average Bonchev–Trinajstić information content (AvgIpc) is 3.14. The van der Waals surface area contributed by atoms with Gasteiger partial charge in [0.25, 0.3) is 5.91 Å². The third-order valence-electron chi connectivity index (χ3n) is 4.43. The zero-order valence-corrected chi connectivity index (χ0v) is 16.2. The smallest absolute Gasteiger partial charge is 0.263 e. The summed E-state index contributed by atoms with van der Waals surface area (Å²) in [6.07, 6.45) is 0. The van der Waals surface area contributed by atoms with Gasteiger partial charge in [-0.3, -0.25) is 9.36 Å². The van der Waals surface area contributed by atoms with Gasteiger partial charge in [-0.1, -0.05) is 23.4 Å². The summed E-state index contributed by atoms with van der Waals surface area (Å²) in [4.78, 5) is 17.6. The molecule has 0 radical (unpaired) electrons. The van der Waals surface area contributed by atoms with E-state index in [0.717, 1.165) is 38.1 Å². The zero-order valence-electron chi connectivity index (χ0n) is 14.6. The van der Waals surface area contributed by atoms with Crippen LogP contribution in [0.25, 0.3) is 22.2 Å². The van der Waals surface area contributed by atoms with Crippen molar-refractivity contribution in [3.63, 3.8) is 0 Å². The number of carbonyl (C=O) groups is 1. The van der Waals surface area contributed by atoms with E-state index in [1.54, 1.807) is 16.7 Å². The predicted octanol–water partition coefficient (Wildman–Crippen LogP) is 5.07. The van der Waals surface area contributed by atoms with Crippen LogP contribution in [0.4, 0.5) is 0 Å². The molecule has 2 aromatic carbocycles. The van der Waals surface area contributed by atoms with Gasteiger partial charge >= 0.3 is 0 Å². The highest BCUT2D eigenvalue weighted by atomic mass is 79.9. The first kappa shape index (κ1) is 16.7. The Morgan fingerprint density at radius 3 is 2.50 bits per heavy atom. The molecule has 2 aromatic heterocycles. The van der Waals surface area contributed by atoms with Crippen molar-refractivity contribution in [2.24, 2.45) is 0 Å². The quantitative estimate of drug-likeness (QED) is 0.463. The van der Waals surface area contributed by atoms with E-state index in [9.17, 15) is 4.79 Å². The van der Waals surface area contributed by atoms with Crippen LogP contribution >= 0.6 is 15.9 Å². The molecule has 0 fully saturated rings. The van der Waals surface area contributed by atoms with Crippen LogP contribution in [0.2, 0.25) is 0 Å². The third kappa shape index (κ3) is 2.57. The lowest BCUT2D eigenvalue weighted by molar-refractivity contribution is 0.0962. The molecule has 0 aliphatic carbocycles. The molecule has 0 saturated carbocycles. The number of nitrogens with zero attached hydrogens (tertiary/aromatic N) is 3. The average molecular weight is 410 g/mol. The van der Waals surface area contributed by atoms with E-state index < -0.39 is 0 Å². The minimum atomic E-state index is -0.103. The number of benzene rings is 2. The second kappa shape index (κ2) is 6.21. The van der Waals surface area contributed by atoms with Crippen LogP contribution < -0.4 is 0 Å². The van der Waals surface area contributed by atoms with Gasteiger partial charge in [0.2, 0.25) is 0 Å². The normalized spacial score (nSPS) is 11.2. The molecule has 0 N–H and O–H groups in total. The SMILES string of the molecule is Cc1noc(C)c1-c1cc(Br)c2nc(C)n(C(=O)c3ccccc3)c2c1. The van der Waals surface area contributed by atoms with Gasteiger partial charge in [-0.25, -0.2) is 4.98 Å². The highest BCUT2D eigenvalue weighted by Gasteiger charge is 2.20. The first-order chi connectivity index (χ1) is 12.5. The van der Waals surface area contributed by atoms with Crippen molar-refractivity contribution in [1.82, 2.24) is 14.7 Å². The molecule has 4 rings (SSSR count). The first-order valence-electron chi connectivity index (χ1n) is 8.19. The summed E-state index contributed by atoms with van der Waals surface area (Å²) in [5.41, 5.74) is 4.80. The number of aromatic nitrogens is 3. The molecule has 6 heteroatoms. The van der Waals surface area contributed by atoms with Crippen LogP contribution in [0, 0.1) is 20.8 Å². The van der Waals surface area contributed by atoms with Crippen molar-refractivity contribution in [1.29, 1.82) is 0 Å². The third-order valence-corrected chi connectivity index (χ3v) is 5.03. The topological polar surface area (TPSA) is 60.9 Å². The lowest BCUT2D eigenvalue weighted by Crippen LogP contribution is -2.13. The van der Waals surface area contributed by atoms with Crippen LogP contribution in [0.3, 0.4) is 0 Å². The Morgan fingerprint density at radius 2 is 1.85 bits per heavy atom. The minimum absolute atomic E-state index is 0.103. The number of rotatable bonds is 2. The van der Waals surface area contributed by atoms with Crippen LogP contribution in [-0.2, 0) is 0 Å². The molecule has 0 aliphatic heterocycles. The highest BCUT2D eigenvalue weighted by Crippen LogP contribution is 2.34. The van der Waals surface area contributed by atoms with E-state index in [-0.39, 0.29) is 5.91 Å². The van der Waals surface area contributed by atoms with Gasteiger partial charge in [0.05, 0.1) is 11.2 Å². The van der Waals surface area contributed by atoms with Crippen molar-refractivity contribution < 1.29 is 9.32 Å². The molecule has 0 amide bonds. The van der Waals surface area contributed by atoms with E-state index in [2.05, 4.69) is 26.1 Å². The summed E-state index contributed by atoms with van der Waals surface area (Å²) in [6.45, 7) is 5.62. The number of carbonyl (C=O) groups excluding carboxylic acids is 1. The summed E-state index contributed by atoms with van der Waals surface area (Å²) in [5, 5.41) is 4.03. The van der Waals surface area contributed by atoms with Gasteiger partial charge in [0.15, 0.2) is 0 Å². The van der Waals surface area contributed by atoms with Gasteiger partial charge in [0.1, 0.15) is 17.1 Å². The number of imidazole rings is 1. The van der Waals surface area contributed by atoms with Crippen LogP contribution in [0.1, 0.15) is 27.6 Å². The summed E-state index contributed by atoms with van der Waals surface area (Å²) >= 11 is 3.60. The molecule has 0 aliphatic rings. The number of fused-ring (bicyclic) bond motifs is 1. The van der Waals surface area contributed by atoms with Crippen molar-refractivity contribution in [2.75, 3.05) is 0 Å². The molecule has 0 spiro atoms. The second-order valence-electron chi connectivity index (χ2n) is 6.19. The lowest BCUT2D eigenvalue weighted by atomic mass is 10.0. The molecule has 5 nitrogen and oxygen atoms in total. The first-order valence-corrected chi connectivity index (χ1v) is 8.98. The van der Waals surface area contributed by atoms with Crippen LogP contribution in [0.5, 0.6) is 0 Å². The molecular weight excluding hydrogens is 394 g/mol. The van der Waals surface area contributed by atoms with Crippen molar-refractivity contribution in [3.8, 4) is 11.1 Å². The van der Waals surface area contributed by atoms with Crippen LogP contribution in [-0.4, -0.2) is 20.6 Å². The summed E-state index contributed by atoms with van der Waals surface area (Å²) < 4.78 is 7.78. The summed E-state index contributed by atoms with van der Waals surface area (Å²) in [5.74, 6) is 1.28. The Balaban J connectivity index is 1.98. The fourth-order valence-electron chi connectivity index (χ4n) is 3.26. The Morgan fingerprint density at radius 1 is 1.12 bits per heavy atom. The van der Waals surface area contributed by atoms with E-state index in [1.807, 2.05) is 51.1 Å². The fraction of sp³-hybridized carbons (Fsp3) is 0.150. The van der Waals surface area contributed by atoms with E-state index in [1.165, 1.54) is 0 Å². The number of aryl methyl sites for hydroxylation is 3. The second-order valence-corrected chi connectivity index (χ2v) is 7.04. The number of halogens is 1. The number of hydrogen-bond acceptors (Lipinski definition) is 4. The molecule has 26 heavy (non-hydrogen) atoms. The predicted molar refractivity (Wildman–Crippen MR) is 103 cm³/mol. The largest absolute Gasteiger partial charge is 0.361 e. The fourth-order valence-corrected chi connectivity index (χ4v) is 3.80. The Labute approximate surface area is 158 Å². The van der Waals surface area contributed by atoms with E-state index in [4.69, 9.17) is 4.52 Å². The Kier molecular flexibility index (Phi) is 4.00. The standard InChI is InChI=1S/C20H16BrN3O2/c1-11-18(12(2)26-23-11)15-9-16(21)19-17(10-15)24(13(3)22-19)20(25)14-7-5-4-6-8-14/h4-10H,1-3H3. The van der Waals surface area contributed by atoms with E-state index >= 15 is 0 Å².